The van der Waals surface area contributed by atoms with Gasteiger partial charge in [0.2, 0.25) is 5.91 Å². The standard InChI is InChI=1S/C17H17ClN2O3/c1-10(2)23-15-8-5-12(9-14(15)18)17(22)20-13-6-3-11(4-7-13)16(19)21/h3-10H,1-2H3,(H2,19,21)(H,20,22). The molecule has 0 spiro atoms. The Morgan fingerprint density at radius 3 is 2.22 bits per heavy atom. The number of benzene rings is 2. The van der Waals surface area contributed by atoms with Gasteiger partial charge in [-0.2, -0.15) is 0 Å². The van der Waals surface area contributed by atoms with Gasteiger partial charge < -0.3 is 15.8 Å². The van der Waals surface area contributed by atoms with Gasteiger partial charge in [-0.05, 0) is 56.3 Å². The highest BCUT2D eigenvalue weighted by atomic mass is 35.5. The SMILES string of the molecule is CC(C)Oc1ccc(C(=O)Nc2ccc(C(N)=O)cc2)cc1Cl. The Labute approximate surface area is 139 Å². The van der Waals surface area contributed by atoms with Gasteiger partial charge in [-0.25, -0.2) is 0 Å². The van der Waals surface area contributed by atoms with E-state index in [0.717, 1.165) is 0 Å². The van der Waals surface area contributed by atoms with Crippen LogP contribution in [0.25, 0.3) is 0 Å². The number of hydrogen-bond donors (Lipinski definition) is 2. The van der Waals surface area contributed by atoms with Crippen LogP contribution >= 0.6 is 11.6 Å². The molecule has 0 aliphatic heterocycles. The molecular formula is C17H17ClN2O3. The summed E-state index contributed by atoms with van der Waals surface area (Å²) in [6, 6.07) is 11.2. The lowest BCUT2D eigenvalue weighted by Gasteiger charge is -2.12. The van der Waals surface area contributed by atoms with Gasteiger partial charge >= 0.3 is 0 Å². The lowest BCUT2D eigenvalue weighted by molar-refractivity contribution is 0.0998. The van der Waals surface area contributed by atoms with E-state index < -0.39 is 5.91 Å². The summed E-state index contributed by atoms with van der Waals surface area (Å²) in [5.41, 5.74) is 6.51. The molecular weight excluding hydrogens is 316 g/mol. The van der Waals surface area contributed by atoms with E-state index >= 15 is 0 Å². The molecule has 2 aromatic rings. The average Bonchev–Trinajstić information content (AvgIpc) is 2.49. The lowest BCUT2D eigenvalue weighted by Crippen LogP contribution is -2.13. The van der Waals surface area contributed by atoms with Gasteiger partial charge in [0.25, 0.3) is 5.91 Å². The summed E-state index contributed by atoms with van der Waals surface area (Å²) in [7, 11) is 0. The number of nitrogens with two attached hydrogens (primary N) is 1. The maximum absolute atomic E-state index is 12.2. The van der Waals surface area contributed by atoms with Crippen molar-refractivity contribution in [1.82, 2.24) is 0 Å². The minimum atomic E-state index is -0.518. The first-order valence-electron chi connectivity index (χ1n) is 7.04. The number of carbonyl (C=O) groups is 2. The Bertz CT molecular complexity index is 727. The summed E-state index contributed by atoms with van der Waals surface area (Å²) in [4.78, 5) is 23.2. The molecule has 0 fully saturated rings. The molecule has 0 saturated carbocycles. The molecule has 3 N–H and O–H groups in total. The molecule has 0 saturated heterocycles. The van der Waals surface area contributed by atoms with Crippen LogP contribution in [0.1, 0.15) is 34.6 Å². The predicted molar refractivity (Wildman–Crippen MR) is 90.1 cm³/mol. The summed E-state index contributed by atoms with van der Waals surface area (Å²) in [5, 5.41) is 3.09. The molecule has 0 radical (unpaired) electrons. The molecule has 0 bridgehead atoms. The summed E-state index contributed by atoms with van der Waals surface area (Å²) < 4.78 is 5.53. The monoisotopic (exact) mass is 332 g/mol. The number of anilines is 1. The zero-order valence-electron chi connectivity index (χ0n) is 12.8. The van der Waals surface area contributed by atoms with Crippen LogP contribution in [0.5, 0.6) is 5.75 Å². The number of ether oxygens (including phenoxy) is 1. The van der Waals surface area contributed by atoms with E-state index in [1.54, 1.807) is 42.5 Å². The maximum Gasteiger partial charge on any atom is 0.255 e. The molecule has 5 nitrogen and oxygen atoms in total. The van der Waals surface area contributed by atoms with Crippen molar-refractivity contribution in [3.63, 3.8) is 0 Å². The van der Waals surface area contributed by atoms with Crippen molar-refractivity contribution >= 4 is 29.1 Å². The van der Waals surface area contributed by atoms with E-state index in [4.69, 9.17) is 22.1 Å². The molecule has 0 unspecified atom stereocenters. The van der Waals surface area contributed by atoms with Crippen molar-refractivity contribution in [3.05, 3.63) is 58.6 Å². The number of rotatable bonds is 5. The predicted octanol–water partition coefficient (Wildman–Crippen LogP) is 3.48. The number of amides is 2. The molecule has 2 aromatic carbocycles. The smallest absolute Gasteiger partial charge is 0.255 e. The first-order chi connectivity index (χ1) is 10.9. The molecule has 6 heteroatoms. The fourth-order valence-corrected chi connectivity index (χ4v) is 2.14. The Balaban J connectivity index is 2.11. The van der Waals surface area contributed by atoms with E-state index in [9.17, 15) is 9.59 Å². The van der Waals surface area contributed by atoms with Crippen molar-refractivity contribution in [2.24, 2.45) is 5.73 Å². The quantitative estimate of drug-likeness (QED) is 0.879. The Morgan fingerprint density at radius 2 is 1.70 bits per heavy atom. The second-order valence-corrected chi connectivity index (χ2v) is 5.61. The molecule has 0 heterocycles. The summed E-state index contributed by atoms with van der Waals surface area (Å²) in [6.07, 6.45) is -0.00375. The van der Waals surface area contributed by atoms with Crippen LogP contribution in [-0.4, -0.2) is 17.9 Å². The summed E-state index contributed by atoms with van der Waals surface area (Å²) in [5.74, 6) is -0.297. The van der Waals surface area contributed by atoms with Crippen LogP contribution in [0, 0.1) is 0 Å². The highest BCUT2D eigenvalue weighted by Crippen LogP contribution is 2.26. The topological polar surface area (TPSA) is 81.4 Å². The fourth-order valence-electron chi connectivity index (χ4n) is 1.91. The van der Waals surface area contributed by atoms with E-state index in [2.05, 4.69) is 5.32 Å². The van der Waals surface area contributed by atoms with Crippen LogP contribution in [0.3, 0.4) is 0 Å². The van der Waals surface area contributed by atoms with E-state index in [-0.39, 0.29) is 12.0 Å². The van der Waals surface area contributed by atoms with Crippen molar-refractivity contribution in [1.29, 1.82) is 0 Å². The fraction of sp³-hybridized carbons (Fsp3) is 0.176. The number of carbonyl (C=O) groups excluding carboxylic acids is 2. The average molecular weight is 333 g/mol. The van der Waals surface area contributed by atoms with Gasteiger partial charge in [0.05, 0.1) is 11.1 Å². The van der Waals surface area contributed by atoms with Gasteiger partial charge in [-0.3, -0.25) is 9.59 Å². The minimum absolute atomic E-state index is 0.00375. The molecule has 23 heavy (non-hydrogen) atoms. The highest BCUT2D eigenvalue weighted by molar-refractivity contribution is 6.32. The summed E-state index contributed by atoms with van der Waals surface area (Å²) >= 11 is 6.12. The first-order valence-corrected chi connectivity index (χ1v) is 7.42. The van der Waals surface area contributed by atoms with Crippen LogP contribution in [0.4, 0.5) is 5.69 Å². The van der Waals surface area contributed by atoms with Gasteiger partial charge in [0.1, 0.15) is 5.75 Å². The lowest BCUT2D eigenvalue weighted by atomic mass is 10.1. The second-order valence-electron chi connectivity index (χ2n) is 5.21. The zero-order valence-corrected chi connectivity index (χ0v) is 13.6. The molecule has 0 aliphatic rings. The second kappa shape index (κ2) is 7.15. The van der Waals surface area contributed by atoms with Crippen molar-refractivity contribution in [2.75, 3.05) is 5.32 Å². The minimum Gasteiger partial charge on any atom is -0.489 e. The van der Waals surface area contributed by atoms with Crippen LogP contribution < -0.4 is 15.8 Å². The third kappa shape index (κ3) is 4.47. The van der Waals surface area contributed by atoms with E-state index in [0.29, 0.717) is 27.6 Å². The highest BCUT2D eigenvalue weighted by Gasteiger charge is 2.11. The van der Waals surface area contributed by atoms with Crippen LogP contribution in [0.2, 0.25) is 5.02 Å². The largest absolute Gasteiger partial charge is 0.489 e. The Hall–Kier alpha value is -2.53. The number of hydrogen-bond acceptors (Lipinski definition) is 3. The summed E-state index contributed by atoms with van der Waals surface area (Å²) in [6.45, 7) is 3.79. The normalized spacial score (nSPS) is 10.4. The van der Waals surface area contributed by atoms with E-state index in [1.165, 1.54) is 0 Å². The molecule has 2 amide bonds. The van der Waals surface area contributed by atoms with Gasteiger partial charge in [0.15, 0.2) is 0 Å². The molecule has 0 atom stereocenters. The Morgan fingerprint density at radius 1 is 1.09 bits per heavy atom. The number of nitrogens with one attached hydrogen (secondary N) is 1. The molecule has 0 aromatic heterocycles. The number of halogens is 1. The maximum atomic E-state index is 12.2. The van der Waals surface area contributed by atoms with Crippen molar-refractivity contribution in [2.45, 2.75) is 20.0 Å². The third-order valence-corrected chi connectivity index (χ3v) is 3.28. The van der Waals surface area contributed by atoms with Gasteiger partial charge in [-0.1, -0.05) is 11.6 Å². The van der Waals surface area contributed by atoms with E-state index in [1.807, 2.05) is 13.8 Å². The molecule has 0 aliphatic carbocycles. The Kier molecular flexibility index (Phi) is 5.24. The van der Waals surface area contributed by atoms with Crippen LogP contribution in [-0.2, 0) is 0 Å². The van der Waals surface area contributed by atoms with Crippen LogP contribution in [0.15, 0.2) is 42.5 Å². The van der Waals surface area contributed by atoms with Gasteiger partial charge in [-0.15, -0.1) is 0 Å². The van der Waals surface area contributed by atoms with Crippen molar-refractivity contribution in [3.8, 4) is 5.75 Å². The first kappa shape index (κ1) is 16.8. The van der Waals surface area contributed by atoms with Gasteiger partial charge in [0, 0.05) is 16.8 Å². The molecule has 2 rings (SSSR count). The number of primary amides is 1. The molecule has 120 valence electrons. The zero-order chi connectivity index (χ0) is 17.0. The third-order valence-electron chi connectivity index (χ3n) is 2.98. The van der Waals surface area contributed by atoms with Crippen molar-refractivity contribution < 1.29 is 14.3 Å².